The molecule has 2 heterocycles. The second-order valence-electron chi connectivity index (χ2n) is 6.61. The zero-order chi connectivity index (χ0) is 16.7. The van der Waals surface area contributed by atoms with Crippen molar-refractivity contribution in [3.8, 4) is 0 Å². The number of rotatable bonds is 11. The van der Waals surface area contributed by atoms with E-state index < -0.39 is 23.9 Å². The van der Waals surface area contributed by atoms with Crippen LogP contribution < -0.4 is 5.32 Å². The van der Waals surface area contributed by atoms with Crippen LogP contribution in [0.15, 0.2) is 12.2 Å². The minimum Gasteiger partial charge on any atom is -0.481 e. The molecule has 0 aliphatic carbocycles. The van der Waals surface area contributed by atoms with Crippen LogP contribution >= 0.6 is 0 Å². The summed E-state index contributed by atoms with van der Waals surface area (Å²) in [6.07, 6.45) is 12.5. The summed E-state index contributed by atoms with van der Waals surface area (Å²) in [6.45, 7) is 2.84. The summed E-state index contributed by atoms with van der Waals surface area (Å²) < 4.78 is 5.52. The molecule has 2 aliphatic heterocycles. The Kier molecular flexibility index (Phi) is 7.09. The van der Waals surface area contributed by atoms with E-state index in [9.17, 15) is 14.7 Å². The molecule has 0 saturated carbocycles. The Morgan fingerprint density at radius 3 is 2.13 bits per heavy atom. The Hall–Kier alpha value is -1.36. The van der Waals surface area contributed by atoms with Crippen molar-refractivity contribution < 1.29 is 19.4 Å². The van der Waals surface area contributed by atoms with Gasteiger partial charge < -0.3 is 15.2 Å². The van der Waals surface area contributed by atoms with Gasteiger partial charge in [-0.2, -0.15) is 0 Å². The molecule has 23 heavy (non-hydrogen) atoms. The molecule has 2 N–H and O–H groups in total. The molecule has 2 rings (SSSR count). The Bertz CT molecular complexity index is 435. The molecular formula is C18H29NO4. The Morgan fingerprint density at radius 1 is 0.957 bits per heavy atom. The van der Waals surface area contributed by atoms with Crippen molar-refractivity contribution in [3.05, 3.63) is 12.2 Å². The second-order valence-corrected chi connectivity index (χ2v) is 6.61. The fourth-order valence-electron chi connectivity index (χ4n) is 3.50. The molecule has 0 unspecified atom stereocenters. The largest absolute Gasteiger partial charge is 0.481 e. The smallest absolute Gasteiger partial charge is 0.310 e. The van der Waals surface area contributed by atoms with Gasteiger partial charge in [0.2, 0.25) is 5.91 Å². The van der Waals surface area contributed by atoms with Crippen molar-refractivity contribution in [2.75, 3.05) is 6.54 Å². The molecule has 5 heteroatoms. The first kappa shape index (κ1) is 18.0. The minimum absolute atomic E-state index is 0.183. The van der Waals surface area contributed by atoms with Gasteiger partial charge in [-0.15, -0.1) is 0 Å². The van der Waals surface area contributed by atoms with Crippen molar-refractivity contribution in [1.29, 1.82) is 0 Å². The van der Waals surface area contributed by atoms with Gasteiger partial charge in [0.1, 0.15) is 5.92 Å². The van der Waals surface area contributed by atoms with E-state index in [2.05, 4.69) is 12.2 Å². The topological polar surface area (TPSA) is 75.6 Å². The maximum atomic E-state index is 12.3. The zero-order valence-corrected chi connectivity index (χ0v) is 14.0. The van der Waals surface area contributed by atoms with E-state index in [1.54, 1.807) is 6.08 Å². The normalized spacial score (nSPS) is 28.2. The summed E-state index contributed by atoms with van der Waals surface area (Å²) in [4.78, 5) is 23.6. The number of hydrogen-bond acceptors (Lipinski definition) is 3. The third kappa shape index (κ3) is 4.80. The van der Waals surface area contributed by atoms with Crippen molar-refractivity contribution in [2.45, 2.75) is 70.5 Å². The Morgan fingerprint density at radius 2 is 1.52 bits per heavy atom. The highest BCUT2D eigenvalue weighted by Crippen LogP contribution is 2.39. The second kappa shape index (κ2) is 9.06. The fourth-order valence-corrected chi connectivity index (χ4v) is 3.50. The summed E-state index contributed by atoms with van der Waals surface area (Å²) in [7, 11) is 0. The molecule has 2 aliphatic rings. The summed E-state index contributed by atoms with van der Waals surface area (Å²) in [6, 6.07) is 0. The van der Waals surface area contributed by atoms with Crippen molar-refractivity contribution in [3.63, 3.8) is 0 Å². The lowest BCUT2D eigenvalue weighted by atomic mass is 9.82. The summed E-state index contributed by atoms with van der Waals surface area (Å²) >= 11 is 0. The molecule has 0 aromatic carbocycles. The zero-order valence-electron chi connectivity index (χ0n) is 14.0. The number of carbonyl (C=O) groups excluding carboxylic acids is 1. The lowest BCUT2D eigenvalue weighted by Gasteiger charge is -2.20. The lowest BCUT2D eigenvalue weighted by Crippen LogP contribution is -2.42. The lowest BCUT2D eigenvalue weighted by molar-refractivity contribution is -0.146. The quantitative estimate of drug-likeness (QED) is 0.453. The average molecular weight is 323 g/mol. The molecule has 0 radical (unpaired) electrons. The first-order valence-electron chi connectivity index (χ1n) is 8.99. The molecule has 1 amide bonds. The standard InChI is InChI=1S/C18H29NO4/c1-2-3-4-5-6-7-8-9-12-19-17(20)15-13-10-11-14(23-13)16(15)18(21)22/h10-11,13-16H,2-9,12H2,1H3,(H,19,20)(H,21,22)/t13-,14-,15-,16-/m0/s1. The van der Waals surface area contributed by atoms with Crippen LogP contribution in [0.2, 0.25) is 0 Å². The molecule has 1 saturated heterocycles. The molecular weight excluding hydrogens is 294 g/mol. The van der Waals surface area contributed by atoms with Crippen LogP contribution in [0, 0.1) is 11.8 Å². The fraction of sp³-hybridized carbons (Fsp3) is 0.778. The van der Waals surface area contributed by atoms with E-state index in [0.717, 1.165) is 12.8 Å². The van der Waals surface area contributed by atoms with E-state index in [1.807, 2.05) is 6.08 Å². The predicted molar refractivity (Wildman–Crippen MR) is 88.0 cm³/mol. The first-order chi connectivity index (χ1) is 11.1. The first-order valence-corrected chi connectivity index (χ1v) is 8.99. The van der Waals surface area contributed by atoms with Gasteiger partial charge in [-0.1, -0.05) is 64.0 Å². The number of carboxylic acids is 1. The van der Waals surface area contributed by atoms with Crippen LogP contribution in [0.1, 0.15) is 58.3 Å². The van der Waals surface area contributed by atoms with Gasteiger partial charge in [-0.25, -0.2) is 0 Å². The highest BCUT2D eigenvalue weighted by Gasteiger charge is 2.53. The number of hydrogen-bond donors (Lipinski definition) is 2. The summed E-state index contributed by atoms with van der Waals surface area (Å²) in [5, 5.41) is 12.2. The van der Waals surface area contributed by atoms with Gasteiger partial charge in [0.05, 0.1) is 18.1 Å². The maximum absolute atomic E-state index is 12.3. The van der Waals surface area contributed by atoms with E-state index in [4.69, 9.17) is 4.74 Å². The van der Waals surface area contributed by atoms with E-state index >= 15 is 0 Å². The van der Waals surface area contributed by atoms with Gasteiger partial charge in [0.25, 0.3) is 0 Å². The molecule has 2 bridgehead atoms. The van der Waals surface area contributed by atoms with Gasteiger partial charge in [0, 0.05) is 6.54 Å². The Labute approximate surface area is 138 Å². The molecule has 130 valence electrons. The van der Waals surface area contributed by atoms with Gasteiger partial charge >= 0.3 is 5.97 Å². The van der Waals surface area contributed by atoms with Crippen molar-refractivity contribution in [1.82, 2.24) is 5.32 Å². The third-order valence-electron chi connectivity index (χ3n) is 4.82. The monoisotopic (exact) mass is 323 g/mol. The third-order valence-corrected chi connectivity index (χ3v) is 4.82. The Balaban J connectivity index is 1.60. The number of unbranched alkanes of at least 4 members (excludes halogenated alkanes) is 7. The number of carboxylic acid groups (broad SMARTS) is 1. The highest BCUT2D eigenvalue weighted by molar-refractivity contribution is 5.87. The van der Waals surface area contributed by atoms with Crippen LogP contribution in [-0.2, 0) is 14.3 Å². The number of carbonyl (C=O) groups is 2. The van der Waals surface area contributed by atoms with Gasteiger partial charge in [-0.3, -0.25) is 9.59 Å². The maximum Gasteiger partial charge on any atom is 0.310 e. The minimum atomic E-state index is -0.950. The number of amides is 1. The van der Waals surface area contributed by atoms with Crippen LogP contribution in [0.25, 0.3) is 0 Å². The number of fused-ring (bicyclic) bond motifs is 2. The molecule has 5 nitrogen and oxygen atoms in total. The summed E-state index contributed by atoms with van der Waals surface area (Å²) in [5.74, 6) is -2.47. The van der Waals surface area contributed by atoms with E-state index in [1.165, 1.54) is 38.5 Å². The number of aliphatic carboxylic acids is 1. The van der Waals surface area contributed by atoms with Crippen LogP contribution in [0.4, 0.5) is 0 Å². The molecule has 0 aromatic rings. The SMILES string of the molecule is CCCCCCCCCCNC(=O)[C@@H]1[C@@H](C(=O)O)[C@@H]2C=C[C@@H]1O2. The highest BCUT2D eigenvalue weighted by atomic mass is 16.5. The van der Waals surface area contributed by atoms with Crippen LogP contribution in [0.3, 0.4) is 0 Å². The number of nitrogens with one attached hydrogen (secondary N) is 1. The van der Waals surface area contributed by atoms with Gasteiger partial charge in [-0.05, 0) is 6.42 Å². The predicted octanol–water partition coefficient (Wildman–Crippen LogP) is 2.90. The average Bonchev–Trinajstić information content (AvgIpc) is 3.14. The van der Waals surface area contributed by atoms with Crippen molar-refractivity contribution in [2.24, 2.45) is 11.8 Å². The number of ether oxygens (including phenoxy) is 1. The molecule has 4 atom stereocenters. The van der Waals surface area contributed by atoms with Gasteiger partial charge in [0.15, 0.2) is 0 Å². The molecule has 0 spiro atoms. The van der Waals surface area contributed by atoms with Crippen molar-refractivity contribution >= 4 is 11.9 Å². The van der Waals surface area contributed by atoms with Crippen LogP contribution in [-0.4, -0.2) is 35.7 Å². The van der Waals surface area contributed by atoms with Crippen LogP contribution in [0.5, 0.6) is 0 Å². The van der Waals surface area contributed by atoms with E-state index in [0.29, 0.717) is 6.54 Å². The molecule has 0 aromatic heterocycles. The summed E-state index contributed by atoms with van der Waals surface area (Å²) in [5.41, 5.74) is 0. The van der Waals surface area contributed by atoms with E-state index in [-0.39, 0.29) is 12.0 Å². The molecule has 1 fully saturated rings.